The lowest BCUT2D eigenvalue weighted by Crippen LogP contribution is -2.42. The summed E-state index contributed by atoms with van der Waals surface area (Å²) in [5.74, 6) is 0.781. The maximum atomic E-state index is 13.6. The molecule has 1 aromatic carbocycles. The smallest absolute Gasteiger partial charge is 0.125 e. The molecule has 0 N–H and O–H groups in total. The van der Waals surface area contributed by atoms with Gasteiger partial charge in [0.05, 0.1) is 12.7 Å². The third-order valence-electron chi connectivity index (χ3n) is 5.51. The van der Waals surface area contributed by atoms with E-state index in [-0.39, 0.29) is 23.4 Å². The number of likely N-dealkylation sites (tertiary alicyclic amines) is 1. The van der Waals surface area contributed by atoms with Gasteiger partial charge in [0.25, 0.3) is 0 Å². The molecule has 0 aliphatic carbocycles. The molecule has 0 bridgehead atoms. The Hall–Kier alpha value is -1.89. The number of halogens is 1. The zero-order valence-corrected chi connectivity index (χ0v) is 15.2. The molecule has 3 heterocycles. The van der Waals surface area contributed by atoms with Gasteiger partial charge in [0, 0.05) is 50.6 Å². The van der Waals surface area contributed by atoms with Crippen LogP contribution in [-0.2, 0) is 16.0 Å². The fraction of sp³-hybridized carbons (Fsp3) is 0.500. The fourth-order valence-electron chi connectivity index (χ4n) is 4.23. The van der Waals surface area contributed by atoms with Crippen molar-refractivity contribution >= 4 is 0 Å². The molecule has 0 amide bonds. The lowest BCUT2D eigenvalue weighted by Gasteiger charge is -2.28. The summed E-state index contributed by atoms with van der Waals surface area (Å²) in [5, 5.41) is 0. The maximum absolute atomic E-state index is 13.6. The van der Waals surface area contributed by atoms with Gasteiger partial charge in [0.2, 0.25) is 0 Å². The molecule has 2 aliphatic rings. The van der Waals surface area contributed by atoms with Gasteiger partial charge in [-0.15, -0.1) is 0 Å². The zero-order valence-electron chi connectivity index (χ0n) is 15.2. The van der Waals surface area contributed by atoms with E-state index in [0.29, 0.717) is 6.61 Å². The summed E-state index contributed by atoms with van der Waals surface area (Å²) >= 11 is 0. The van der Waals surface area contributed by atoms with Gasteiger partial charge in [-0.05, 0) is 31.0 Å². The molecule has 0 unspecified atom stereocenters. The number of ether oxygens (including phenoxy) is 2. The molecule has 5 nitrogen and oxygen atoms in total. The van der Waals surface area contributed by atoms with Gasteiger partial charge in [0.15, 0.2) is 0 Å². The van der Waals surface area contributed by atoms with E-state index in [1.807, 2.05) is 25.4 Å². The van der Waals surface area contributed by atoms with Crippen LogP contribution in [-0.4, -0.2) is 53.4 Å². The predicted octanol–water partition coefficient (Wildman–Crippen LogP) is 2.70. The van der Waals surface area contributed by atoms with E-state index in [2.05, 4.69) is 14.9 Å². The van der Waals surface area contributed by atoms with Gasteiger partial charge in [-0.3, -0.25) is 4.90 Å². The molecule has 1 aromatic heterocycles. The van der Waals surface area contributed by atoms with Crippen molar-refractivity contribution in [1.29, 1.82) is 0 Å². The molecule has 2 fully saturated rings. The average molecular weight is 357 g/mol. The van der Waals surface area contributed by atoms with Crippen LogP contribution in [0.15, 0.2) is 36.7 Å². The maximum Gasteiger partial charge on any atom is 0.125 e. The van der Waals surface area contributed by atoms with Gasteiger partial charge in [0.1, 0.15) is 17.2 Å². The largest absolute Gasteiger partial charge is 0.377 e. The van der Waals surface area contributed by atoms with Gasteiger partial charge in [-0.25, -0.2) is 14.4 Å². The second-order valence-corrected chi connectivity index (χ2v) is 7.36. The first-order chi connectivity index (χ1) is 12.6. The Morgan fingerprint density at radius 2 is 2.15 bits per heavy atom. The van der Waals surface area contributed by atoms with Crippen LogP contribution in [0.2, 0.25) is 0 Å². The molecule has 0 radical (unpaired) electrons. The van der Waals surface area contributed by atoms with Gasteiger partial charge < -0.3 is 9.47 Å². The Bertz CT molecular complexity index is 770. The summed E-state index contributed by atoms with van der Waals surface area (Å²) in [6.07, 6.45) is 4.60. The topological polar surface area (TPSA) is 47.5 Å². The van der Waals surface area contributed by atoms with E-state index >= 15 is 0 Å². The Morgan fingerprint density at radius 3 is 2.88 bits per heavy atom. The Labute approximate surface area is 153 Å². The van der Waals surface area contributed by atoms with Crippen molar-refractivity contribution in [3.8, 4) is 0 Å². The molecule has 2 saturated heterocycles. The highest BCUT2D eigenvalue weighted by Crippen LogP contribution is 2.43. The lowest BCUT2D eigenvalue weighted by atomic mass is 9.87. The normalized spacial score (nSPS) is 28.9. The number of hydrogen-bond donors (Lipinski definition) is 0. The van der Waals surface area contributed by atoms with E-state index in [4.69, 9.17) is 9.47 Å². The minimum Gasteiger partial charge on any atom is -0.377 e. The van der Waals surface area contributed by atoms with E-state index in [0.717, 1.165) is 43.0 Å². The lowest BCUT2D eigenvalue weighted by molar-refractivity contribution is -0.0757. The second-order valence-electron chi connectivity index (χ2n) is 7.36. The summed E-state index contributed by atoms with van der Waals surface area (Å²) in [4.78, 5) is 10.9. The van der Waals surface area contributed by atoms with Crippen molar-refractivity contribution in [1.82, 2.24) is 14.9 Å². The number of aryl methyl sites for hydroxylation is 1. The molecule has 0 saturated carbocycles. The number of hydrogen-bond acceptors (Lipinski definition) is 5. The highest BCUT2D eigenvalue weighted by Gasteiger charge is 2.52. The molecule has 2 aromatic rings. The standard InChI is InChI=1S/C20H24FN3O2/c1-14-22-8-15(9-23-14)10-24-11-19(25-2)20(13-24)7-17(12-26-20)16-4-3-5-18(21)6-16/h3-6,8-9,17,19H,7,10-13H2,1-2H3/t17-,19+,20+/m0/s1. The molecule has 6 heteroatoms. The Balaban J connectivity index is 1.48. The van der Waals surface area contributed by atoms with Crippen molar-refractivity contribution in [2.24, 2.45) is 0 Å². The van der Waals surface area contributed by atoms with Crippen molar-refractivity contribution < 1.29 is 13.9 Å². The molecule has 3 atom stereocenters. The van der Waals surface area contributed by atoms with Crippen LogP contribution in [0.4, 0.5) is 4.39 Å². The van der Waals surface area contributed by atoms with Crippen molar-refractivity contribution in [3.63, 3.8) is 0 Å². The number of aromatic nitrogens is 2. The molecular weight excluding hydrogens is 333 g/mol. The molecule has 2 aliphatic heterocycles. The molecule has 138 valence electrons. The summed E-state index contributed by atoms with van der Waals surface area (Å²) in [6.45, 7) is 4.86. The predicted molar refractivity (Wildman–Crippen MR) is 95.3 cm³/mol. The first kappa shape index (κ1) is 17.5. The number of methoxy groups -OCH3 is 1. The summed E-state index contributed by atoms with van der Waals surface area (Å²) in [6, 6.07) is 6.84. The van der Waals surface area contributed by atoms with Gasteiger partial charge >= 0.3 is 0 Å². The molecule has 1 spiro atoms. The van der Waals surface area contributed by atoms with E-state index in [1.165, 1.54) is 6.07 Å². The van der Waals surface area contributed by atoms with Crippen molar-refractivity contribution in [3.05, 3.63) is 59.4 Å². The highest BCUT2D eigenvalue weighted by molar-refractivity contribution is 5.24. The SMILES string of the molecule is CO[C@@H]1CN(Cc2cnc(C)nc2)C[C@]12C[C@H](c1cccc(F)c1)CO2. The summed E-state index contributed by atoms with van der Waals surface area (Å²) in [7, 11) is 1.74. The highest BCUT2D eigenvalue weighted by atomic mass is 19.1. The Kier molecular flexibility index (Phi) is 4.73. The molecule has 4 rings (SSSR count). The summed E-state index contributed by atoms with van der Waals surface area (Å²) < 4.78 is 25.6. The zero-order chi connectivity index (χ0) is 18.1. The first-order valence-corrected chi connectivity index (χ1v) is 9.00. The molecular formula is C20H24FN3O2. The number of rotatable bonds is 4. The van der Waals surface area contributed by atoms with Crippen LogP contribution in [0.25, 0.3) is 0 Å². The van der Waals surface area contributed by atoms with Crippen LogP contribution >= 0.6 is 0 Å². The van der Waals surface area contributed by atoms with E-state index in [9.17, 15) is 4.39 Å². The van der Waals surface area contributed by atoms with Crippen LogP contribution in [0.5, 0.6) is 0 Å². The number of nitrogens with zero attached hydrogens (tertiary/aromatic N) is 3. The van der Waals surface area contributed by atoms with E-state index < -0.39 is 0 Å². The Morgan fingerprint density at radius 1 is 1.35 bits per heavy atom. The van der Waals surface area contributed by atoms with Crippen LogP contribution < -0.4 is 0 Å². The molecule has 26 heavy (non-hydrogen) atoms. The van der Waals surface area contributed by atoms with E-state index in [1.54, 1.807) is 19.2 Å². The third kappa shape index (κ3) is 3.37. The quantitative estimate of drug-likeness (QED) is 0.842. The van der Waals surface area contributed by atoms with Crippen molar-refractivity contribution in [2.45, 2.75) is 37.5 Å². The minimum absolute atomic E-state index is 0.00688. The first-order valence-electron chi connectivity index (χ1n) is 9.00. The fourth-order valence-corrected chi connectivity index (χ4v) is 4.23. The monoisotopic (exact) mass is 357 g/mol. The van der Waals surface area contributed by atoms with Crippen molar-refractivity contribution in [2.75, 3.05) is 26.8 Å². The van der Waals surface area contributed by atoms with Crippen LogP contribution in [0.3, 0.4) is 0 Å². The van der Waals surface area contributed by atoms with Crippen LogP contribution in [0, 0.1) is 12.7 Å². The van der Waals surface area contributed by atoms with Gasteiger partial charge in [-0.2, -0.15) is 0 Å². The minimum atomic E-state index is -0.336. The summed E-state index contributed by atoms with van der Waals surface area (Å²) in [5.41, 5.74) is 1.75. The number of benzene rings is 1. The third-order valence-corrected chi connectivity index (χ3v) is 5.51. The average Bonchev–Trinajstić information content (AvgIpc) is 3.21. The second kappa shape index (κ2) is 7.02. The van der Waals surface area contributed by atoms with Crippen LogP contribution in [0.1, 0.15) is 29.3 Å². The van der Waals surface area contributed by atoms with Gasteiger partial charge in [-0.1, -0.05) is 12.1 Å².